The fourth-order valence-electron chi connectivity index (χ4n) is 1.13. The van der Waals surface area contributed by atoms with Crippen LogP contribution in [0.5, 0.6) is 0 Å². The molecule has 1 unspecified atom stereocenters. The van der Waals surface area contributed by atoms with Crippen molar-refractivity contribution in [3.05, 3.63) is 35.9 Å². The zero-order valence-electron chi connectivity index (χ0n) is 7.45. The van der Waals surface area contributed by atoms with E-state index in [4.69, 9.17) is 4.89 Å². The minimum absolute atomic E-state index is 0.314. The van der Waals surface area contributed by atoms with Gasteiger partial charge in [-0.1, -0.05) is 30.3 Å². The molecule has 0 radical (unpaired) electrons. The van der Waals surface area contributed by atoms with Crippen LogP contribution < -0.4 is 0 Å². The molecule has 5 heteroatoms. The maximum atomic E-state index is 10.4. The number of aliphatic hydroxyl groups excluding tert-OH is 2. The van der Waals surface area contributed by atoms with E-state index in [0.717, 1.165) is 0 Å². The third kappa shape index (κ3) is 3.16. The second-order valence-corrected chi connectivity index (χ2v) is 4.03. The van der Waals surface area contributed by atoms with Gasteiger partial charge in [-0.15, -0.1) is 0 Å². The van der Waals surface area contributed by atoms with Crippen molar-refractivity contribution in [3.63, 3.8) is 0 Å². The highest BCUT2D eigenvalue weighted by atomic mass is 31.1. The quantitative estimate of drug-likeness (QED) is 0.649. The highest BCUT2D eigenvalue weighted by Gasteiger charge is 2.26. The van der Waals surface area contributed by atoms with Crippen LogP contribution >= 0.6 is 8.03 Å². The van der Waals surface area contributed by atoms with Crippen molar-refractivity contribution in [2.45, 2.75) is 12.2 Å². The molecule has 0 aliphatic heterocycles. The Labute approximate surface area is 82.7 Å². The van der Waals surface area contributed by atoms with E-state index in [1.165, 1.54) is 0 Å². The lowest BCUT2D eigenvalue weighted by atomic mass is 10.1. The van der Waals surface area contributed by atoms with E-state index >= 15 is 0 Å². The Morgan fingerprint density at radius 2 is 1.79 bits per heavy atom. The van der Waals surface area contributed by atoms with Crippen molar-refractivity contribution in [3.8, 4) is 0 Å². The van der Waals surface area contributed by atoms with E-state index in [-0.39, 0.29) is 6.16 Å². The summed E-state index contributed by atoms with van der Waals surface area (Å²) in [6, 6.07) is 8.54. The second-order valence-electron chi connectivity index (χ2n) is 2.96. The molecule has 4 nitrogen and oxygen atoms in total. The molecule has 0 fully saturated rings. The van der Waals surface area contributed by atoms with E-state index in [1.54, 1.807) is 30.3 Å². The first kappa shape index (κ1) is 11.3. The molecule has 0 saturated carbocycles. The summed E-state index contributed by atoms with van der Waals surface area (Å²) in [5.41, 5.74) is 0.539. The fourth-order valence-corrected chi connectivity index (χ4v) is 1.65. The summed E-state index contributed by atoms with van der Waals surface area (Å²) in [6.45, 7) is 0. The van der Waals surface area contributed by atoms with Crippen LogP contribution in [0.2, 0.25) is 0 Å². The lowest BCUT2D eigenvalue weighted by molar-refractivity contribution is 0.0318. The van der Waals surface area contributed by atoms with Crippen LogP contribution in [-0.4, -0.2) is 27.4 Å². The lowest BCUT2D eigenvalue weighted by Crippen LogP contribution is -2.20. The van der Waals surface area contributed by atoms with Crippen molar-refractivity contribution in [1.29, 1.82) is 0 Å². The van der Waals surface area contributed by atoms with Gasteiger partial charge in [-0.05, 0) is 10.1 Å². The van der Waals surface area contributed by atoms with Crippen LogP contribution in [0.3, 0.4) is 0 Å². The van der Waals surface area contributed by atoms with E-state index in [2.05, 4.69) is 0 Å². The van der Waals surface area contributed by atoms with Gasteiger partial charge in [-0.3, -0.25) is 0 Å². The molecule has 1 aromatic carbocycles. The Kier molecular flexibility index (Phi) is 4.17. The van der Waals surface area contributed by atoms with Gasteiger partial charge in [0.05, 0.1) is 0 Å². The standard InChI is InChI=1S/C9H11O4P/c10-8(6-14(12)13)9(11)7-4-2-1-3-5-7/h1-5,8-11H,6H2/p+1/t8-,9+/m0/s1. The van der Waals surface area contributed by atoms with E-state index in [0.29, 0.717) is 5.56 Å². The molecule has 76 valence electrons. The Balaban J connectivity index is 2.65. The third-order valence-corrected chi connectivity index (χ3v) is 2.54. The molecule has 0 aliphatic carbocycles. The summed E-state index contributed by atoms with van der Waals surface area (Å²) in [5.74, 6) is 0. The summed E-state index contributed by atoms with van der Waals surface area (Å²) in [5, 5.41) is 18.9. The average Bonchev–Trinajstić information content (AvgIpc) is 2.17. The molecule has 3 atom stereocenters. The third-order valence-electron chi connectivity index (χ3n) is 1.85. The Bertz CT molecular complexity index is 301. The number of hydrogen-bond donors (Lipinski definition) is 3. The predicted molar refractivity (Wildman–Crippen MR) is 52.1 cm³/mol. The Morgan fingerprint density at radius 1 is 1.21 bits per heavy atom. The van der Waals surface area contributed by atoms with Gasteiger partial charge in [0, 0.05) is 0 Å². The molecule has 0 spiro atoms. The van der Waals surface area contributed by atoms with Gasteiger partial charge in [-0.2, -0.15) is 4.89 Å². The summed E-state index contributed by atoms with van der Waals surface area (Å²) >= 11 is 0. The number of hydrogen-bond acceptors (Lipinski definition) is 3. The van der Waals surface area contributed by atoms with Crippen LogP contribution in [0, 0.1) is 0 Å². The summed E-state index contributed by atoms with van der Waals surface area (Å²) in [7, 11) is -2.42. The molecule has 14 heavy (non-hydrogen) atoms. The lowest BCUT2D eigenvalue weighted by Gasteiger charge is -2.13. The zero-order chi connectivity index (χ0) is 10.6. The molecule has 0 bridgehead atoms. The first-order chi connectivity index (χ1) is 6.61. The van der Waals surface area contributed by atoms with Gasteiger partial charge < -0.3 is 10.2 Å². The van der Waals surface area contributed by atoms with Gasteiger partial charge >= 0.3 is 8.03 Å². The smallest absolute Gasteiger partial charge is 0.386 e. The summed E-state index contributed by atoms with van der Waals surface area (Å²) < 4.78 is 10.4. The van der Waals surface area contributed by atoms with Gasteiger partial charge in [0.2, 0.25) is 6.16 Å². The summed E-state index contributed by atoms with van der Waals surface area (Å²) in [6.07, 6.45) is -2.63. The minimum Gasteiger partial charge on any atom is -0.386 e. The van der Waals surface area contributed by atoms with Crippen molar-refractivity contribution >= 4 is 8.03 Å². The van der Waals surface area contributed by atoms with E-state index in [1.807, 2.05) is 0 Å². The van der Waals surface area contributed by atoms with Crippen LogP contribution in [0.25, 0.3) is 0 Å². The summed E-state index contributed by atoms with van der Waals surface area (Å²) in [4.78, 5) is 8.56. The Morgan fingerprint density at radius 3 is 2.29 bits per heavy atom. The zero-order valence-corrected chi connectivity index (χ0v) is 8.34. The van der Waals surface area contributed by atoms with E-state index in [9.17, 15) is 14.8 Å². The maximum Gasteiger partial charge on any atom is 0.508 e. The van der Waals surface area contributed by atoms with E-state index < -0.39 is 20.2 Å². The molecule has 1 rings (SSSR count). The van der Waals surface area contributed by atoms with Crippen molar-refractivity contribution in [2.24, 2.45) is 0 Å². The normalized spacial score (nSPS) is 16.1. The largest absolute Gasteiger partial charge is 0.508 e. The van der Waals surface area contributed by atoms with Crippen LogP contribution in [0.4, 0.5) is 0 Å². The van der Waals surface area contributed by atoms with Gasteiger partial charge in [0.15, 0.2) is 0 Å². The monoisotopic (exact) mass is 215 g/mol. The molecule has 0 amide bonds. The fraction of sp³-hybridized carbons (Fsp3) is 0.333. The number of benzene rings is 1. The molecule has 1 aromatic rings. The van der Waals surface area contributed by atoms with Gasteiger partial charge in [0.25, 0.3) is 0 Å². The molecule has 0 saturated heterocycles. The SMILES string of the molecule is O=[P+](O)C[C@H](O)[C@H](O)c1ccccc1. The highest BCUT2D eigenvalue weighted by Crippen LogP contribution is 2.23. The van der Waals surface area contributed by atoms with Crippen LogP contribution in [-0.2, 0) is 4.57 Å². The van der Waals surface area contributed by atoms with Crippen molar-refractivity contribution in [1.82, 2.24) is 0 Å². The van der Waals surface area contributed by atoms with Gasteiger partial charge in [0.1, 0.15) is 12.2 Å². The molecule has 0 heterocycles. The molecule has 0 aromatic heterocycles. The minimum atomic E-state index is -2.42. The van der Waals surface area contributed by atoms with Crippen molar-refractivity contribution < 1.29 is 19.7 Å². The topological polar surface area (TPSA) is 77.8 Å². The maximum absolute atomic E-state index is 10.4. The van der Waals surface area contributed by atoms with Crippen molar-refractivity contribution in [2.75, 3.05) is 6.16 Å². The predicted octanol–water partition coefficient (Wildman–Crippen LogP) is 0.816. The van der Waals surface area contributed by atoms with Crippen LogP contribution in [0.1, 0.15) is 11.7 Å². The first-order valence-electron chi connectivity index (χ1n) is 4.16. The average molecular weight is 215 g/mol. The number of aliphatic hydroxyl groups is 2. The first-order valence-corrected chi connectivity index (χ1v) is 5.55. The highest BCUT2D eigenvalue weighted by molar-refractivity contribution is 7.38. The second kappa shape index (κ2) is 5.17. The molecular formula is C9H12O4P+. The molecule has 0 aliphatic rings. The number of rotatable bonds is 4. The molecular weight excluding hydrogens is 203 g/mol. The van der Waals surface area contributed by atoms with Gasteiger partial charge in [-0.25, -0.2) is 0 Å². The Hall–Kier alpha value is -0.800. The van der Waals surface area contributed by atoms with Crippen LogP contribution in [0.15, 0.2) is 30.3 Å². The molecule has 3 N–H and O–H groups in total.